The molecule has 1 aliphatic heterocycles. The van der Waals surface area contributed by atoms with Gasteiger partial charge in [-0.1, -0.05) is 6.07 Å². The van der Waals surface area contributed by atoms with E-state index in [-0.39, 0.29) is 40.2 Å². The lowest BCUT2D eigenvalue weighted by Gasteiger charge is -2.37. The van der Waals surface area contributed by atoms with E-state index >= 15 is 0 Å². The SMILES string of the molecule is CNc1cc(Oc2ccc(N(OC(=O)C(F)(F)F)C(=O)Nc3ccc(CN4CCN(C(C)C)CC4)c(C(F)(F)F)c3)cc2)ncn1. The number of piperazine rings is 1. The number of halogens is 6. The molecule has 0 saturated carbocycles. The van der Waals surface area contributed by atoms with Gasteiger partial charge in [-0.25, -0.2) is 19.6 Å². The van der Waals surface area contributed by atoms with E-state index in [1.165, 1.54) is 36.7 Å². The molecule has 2 heterocycles. The smallest absolute Gasteiger partial charge is 0.439 e. The van der Waals surface area contributed by atoms with Gasteiger partial charge in [-0.15, -0.1) is 5.06 Å². The number of benzene rings is 2. The van der Waals surface area contributed by atoms with E-state index < -0.39 is 29.9 Å². The summed E-state index contributed by atoms with van der Waals surface area (Å²) in [5, 5.41) is 4.87. The van der Waals surface area contributed by atoms with Crippen LogP contribution in [0.3, 0.4) is 0 Å². The average Bonchev–Trinajstić information content (AvgIpc) is 3.00. The largest absolute Gasteiger partial charge is 0.493 e. The molecule has 4 rings (SSSR count). The molecule has 1 fully saturated rings. The predicted molar refractivity (Wildman–Crippen MR) is 155 cm³/mol. The Balaban J connectivity index is 1.54. The molecule has 0 spiro atoms. The molecule has 2 aromatic carbocycles. The highest BCUT2D eigenvalue weighted by Gasteiger charge is 2.44. The molecule has 0 radical (unpaired) electrons. The van der Waals surface area contributed by atoms with Crippen LogP contribution in [0.1, 0.15) is 25.0 Å². The first-order valence-electron chi connectivity index (χ1n) is 14.0. The summed E-state index contributed by atoms with van der Waals surface area (Å²) >= 11 is 0. The maximum Gasteiger partial charge on any atom is 0.493 e. The number of aromatic nitrogens is 2. The van der Waals surface area contributed by atoms with Crippen LogP contribution in [0, 0.1) is 0 Å². The fourth-order valence-electron chi connectivity index (χ4n) is 4.56. The van der Waals surface area contributed by atoms with E-state index in [0.29, 0.717) is 44.1 Å². The molecule has 1 aromatic heterocycles. The summed E-state index contributed by atoms with van der Waals surface area (Å²) < 4.78 is 87.0. The van der Waals surface area contributed by atoms with Crippen LogP contribution in [0.15, 0.2) is 54.9 Å². The van der Waals surface area contributed by atoms with Crippen LogP contribution in [0.4, 0.5) is 48.3 Å². The second-order valence-corrected chi connectivity index (χ2v) is 10.5. The second-order valence-electron chi connectivity index (χ2n) is 10.5. The number of nitrogens with one attached hydrogen (secondary N) is 2. The number of anilines is 3. The molecule has 0 bridgehead atoms. The molecule has 0 unspecified atom stereocenters. The van der Waals surface area contributed by atoms with Gasteiger partial charge in [0.1, 0.15) is 17.9 Å². The molecular formula is C29H31F6N7O4. The first kappa shape index (κ1) is 34.2. The summed E-state index contributed by atoms with van der Waals surface area (Å²) in [6, 6.07) is 8.06. The normalized spacial score (nSPS) is 14.6. The third-order valence-corrected chi connectivity index (χ3v) is 6.98. The first-order valence-corrected chi connectivity index (χ1v) is 14.0. The molecular weight excluding hydrogens is 624 g/mol. The summed E-state index contributed by atoms with van der Waals surface area (Å²) in [5.74, 6) is -2.03. The number of amides is 2. The van der Waals surface area contributed by atoms with Crippen LogP contribution in [0.25, 0.3) is 0 Å². The molecule has 0 atom stereocenters. The molecule has 0 aliphatic carbocycles. The Morgan fingerprint density at radius 2 is 1.63 bits per heavy atom. The Morgan fingerprint density at radius 3 is 2.22 bits per heavy atom. The van der Waals surface area contributed by atoms with Gasteiger partial charge in [0.15, 0.2) is 0 Å². The Kier molecular flexibility index (Phi) is 10.6. The van der Waals surface area contributed by atoms with E-state index in [1.54, 1.807) is 7.05 Å². The quantitative estimate of drug-likeness (QED) is 0.226. The average molecular weight is 656 g/mol. The molecule has 11 nitrogen and oxygen atoms in total. The van der Waals surface area contributed by atoms with Gasteiger partial charge < -0.3 is 20.2 Å². The summed E-state index contributed by atoms with van der Waals surface area (Å²) in [7, 11) is 1.62. The number of hydrogen-bond donors (Lipinski definition) is 2. The van der Waals surface area contributed by atoms with Crippen molar-refractivity contribution < 1.29 is 45.5 Å². The molecule has 2 amide bonds. The number of urea groups is 1. The van der Waals surface area contributed by atoms with Gasteiger partial charge in [-0.3, -0.25) is 9.80 Å². The number of hydroxylamine groups is 1. The Morgan fingerprint density at radius 1 is 0.957 bits per heavy atom. The Hall–Kier alpha value is -4.64. The molecule has 17 heteroatoms. The van der Waals surface area contributed by atoms with Crippen molar-refractivity contribution >= 4 is 29.2 Å². The molecule has 2 N–H and O–H groups in total. The van der Waals surface area contributed by atoms with E-state index in [0.717, 1.165) is 12.1 Å². The van der Waals surface area contributed by atoms with Crippen molar-refractivity contribution in [1.82, 2.24) is 19.8 Å². The standard InChI is InChI=1S/C29H31F6N7O4/c1-18(2)41-12-10-40(11-13-41)16-19-4-5-20(14-23(19)28(30,31)32)39-27(44)42(46-26(43)29(33,34)35)21-6-8-22(9-7-21)45-25-15-24(36-3)37-17-38-25/h4-9,14-15,17-18H,10-13,16H2,1-3H3,(H,39,44)(H,36,37,38). The van der Waals surface area contributed by atoms with Crippen molar-refractivity contribution in [1.29, 1.82) is 0 Å². The molecule has 248 valence electrons. The summed E-state index contributed by atoms with van der Waals surface area (Å²) in [4.78, 5) is 41.1. The highest BCUT2D eigenvalue weighted by Crippen LogP contribution is 2.35. The highest BCUT2D eigenvalue weighted by atomic mass is 19.4. The third kappa shape index (κ3) is 8.97. The van der Waals surface area contributed by atoms with Crippen LogP contribution in [0.2, 0.25) is 0 Å². The molecule has 3 aromatic rings. The fourth-order valence-corrected chi connectivity index (χ4v) is 4.56. The van der Waals surface area contributed by atoms with Gasteiger partial charge in [0.05, 0.1) is 11.3 Å². The van der Waals surface area contributed by atoms with Crippen LogP contribution < -0.4 is 20.4 Å². The van der Waals surface area contributed by atoms with Crippen molar-refractivity contribution in [2.75, 3.05) is 48.9 Å². The lowest BCUT2D eigenvalue weighted by molar-refractivity contribution is -0.199. The fraction of sp³-hybridized carbons (Fsp3) is 0.379. The van der Waals surface area contributed by atoms with Gasteiger partial charge in [0.25, 0.3) is 0 Å². The predicted octanol–water partition coefficient (Wildman–Crippen LogP) is 5.91. The van der Waals surface area contributed by atoms with Crippen LogP contribution in [-0.4, -0.2) is 77.2 Å². The third-order valence-electron chi connectivity index (χ3n) is 6.98. The van der Waals surface area contributed by atoms with Crippen molar-refractivity contribution in [3.63, 3.8) is 0 Å². The van der Waals surface area contributed by atoms with Gasteiger partial charge in [-0.2, -0.15) is 26.3 Å². The van der Waals surface area contributed by atoms with E-state index in [9.17, 15) is 35.9 Å². The second kappa shape index (κ2) is 14.2. The maximum absolute atomic E-state index is 14.1. The minimum absolute atomic E-state index is 0.00400. The summed E-state index contributed by atoms with van der Waals surface area (Å²) in [5.41, 5.74) is -1.81. The van der Waals surface area contributed by atoms with E-state index in [1.807, 2.05) is 18.7 Å². The van der Waals surface area contributed by atoms with E-state index in [2.05, 4.69) is 30.3 Å². The number of carbonyl (C=O) groups excluding carboxylic acids is 2. The van der Waals surface area contributed by atoms with Gasteiger partial charge in [0.2, 0.25) is 5.88 Å². The van der Waals surface area contributed by atoms with Crippen LogP contribution >= 0.6 is 0 Å². The minimum atomic E-state index is -5.48. The number of ether oxygens (including phenoxy) is 1. The number of rotatable bonds is 8. The monoisotopic (exact) mass is 655 g/mol. The highest BCUT2D eigenvalue weighted by molar-refractivity contribution is 6.01. The van der Waals surface area contributed by atoms with Crippen LogP contribution in [-0.2, 0) is 22.4 Å². The zero-order chi connectivity index (χ0) is 33.6. The summed E-state index contributed by atoms with van der Waals surface area (Å²) in [6.45, 7) is 6.61. The van der Waals surface area contributed by atoms with E-state index in [4.69, 9.17) is 4.74 Å². The number of alkyl halides is 6. The number of carbonyl (C=O) groups is 2. The topological polar surface area (TPSA) is 112 Å². The number of nitrogens with zero attached hydrogens (tertiary/aromatic N) is 5. The first-order chi connectivity index (χ1) is 21.6. The lowest BCUT2D eigenvalue weighted by atomic mass is 10.0. The zero-order valence-corrected chi connectivity index (χ0v) is 24.9. The Labute approximate surface area is 260 Å². The molecule has 1 aliphatic rings. The van der Waals surface area contributed by atoms with Crippen molar-refractivity contribution in [2.24, 2.45) is 0 Å². The lowest BCUT2D eigenvalue weighted by Crippen LogP contribution is -2.48. The van der Waals surface area contributed by atoms with Crippen molar-refractivity contribution in [3.8, 4) is 11.6 Å². The van der Waals surface area contributed by atoms with Gasteiger partial charge in [0, 0.05) is 57.6 Å². The molecule has 1 saturated heterocycles. The van der Waals surface area contributed by atoms with Crippen LogP contribution in [0.5, 0.6) is 11.6 Å². The summed E-state index contributed by atoms with van der Waals surface area (Å²) in [6.07, 6.45) is -9.06. The molecule has 46 heavy (non-hydrogen) atoms. The zero-order valence-electron chi connectivity index (χ0n) is 24.9. The van der Waals surface area contributed by atoms with Crippen molar-refractivity contribution in [3.05, 3.63) is 66.0 Å². The van der Waals surface area contributed by atoms with Gasteiger partial charge in [-0.05, 0) is 55.8 Å². The Bertz CT molecular complexity index is 1510. The minimum Gasteiger partial charge on any atom is -0.439 e. The van der Waals surface area contributed by atoms with Crippen molar-refractivity contribution in [2.45, 2.75) is 38.8 Å². The maximum atomic E-state index is 14.1. The van der Waals surface area contributed by atoms with Gasteiger partial charge >= 0.3 is 24.4 Å². The number of hydrogen-bond acceptors (Lipinski definition) is 9.